The molecule has 3 aromatic carbocycles. The Balaban J connectivity index is 2.08. The molecule has 0 aliphatic carbocycles. The highest BCUT2D eigenvalue weighted by Crippen LogP contribution is 2.34. The molecule has 0 radical (unpaired) electrons. The molecule has 0 heterocycles. The van der Waals surface area contributed by atoms with Gasteiger partial charge < -0.3 is 4.90 Å². The van der Waals surface area contributed by atoms with Gasteiger partial charge in [0.15, 0.2) is 17.3 Å². The topological polar surface area (TPSA) is 46.4 Å². The van der Waals surface area contributed by atoms with Crippen LogP contribution in [-0.4, -0.2) is 4.92 Å². The van der Waals surface area contributed by atoms with Gasteiger partial charge >= 0.3 is 0 Å². The van der Waals surface area contributed by atoms with Gasteiger partial charge in [0.1, 0.15) is 0 Å². The lowest BCUT2D eigenvalue weighted by atomic mass is 10.1. The molecule has 0 N–H and O–H groups in total. The van der Waals surface area contributed by atoms with Crippen molar-refractivity contribution >= 4 is 11.4 Å². The van der Waals surface area contributed by atoms with E-state index in [4.69, 9.17) is 0 Å². The average Bonchev–Trinajstić information content (AvgIpc) is 2.65. The van der Waals surface area contributed by atoms with E-state index in [9.17, 15) is 18.9 Å². The lowest BCUT2D eigenvalue weighted by Gasteiger charge is -2.25. The van der Waals surface area contributed by atoms with Crippen molar-refractivity contribution in [2.75, 3.05) is 4.90 Å². The number of halogens is 2. The highest BCUT2D eigenvalue weighted by Gasteiger charge is 2.27. The summed E-state index contributed by atoms with van der Waals surface area (Å²) < 4.78 is 28.4. The van der Waals surface area contributed by atoms with Crippen LogP contribution in [-0.2, 0) is 13.1 Å². The molecule has 0 spiro atoms. The Kier molecular flexibility index (Phi) is 5.22. The third-order valence-corrected chi connectivity index (χ3v) is 3.99. The smallest absolute Gasteiger partial charge is 0.295 e. The first-order chi connectivity index (χ1) is 12.6. The predicted octanol–water partition coefficient (Wildman–Crippen LogP) is 5.08. The molecule has 0 saturated carbocycles. The molecule has 26 heavy (non-hydrogen) atoms. The van der Waals surface area contributed by atoms with Crippen LogP contribution in [0.25, 0.3) is 0 Å². The monoisotopic (exact) mass is 354 g/mol. The van der Waals surface area contributed by atoms with Gasteiger partial charge in [0.2, 0.25) is 0 Å². The van der Waals surface area contributed by atoms with Gasteiger partial charge in [-0.2, -0.15) is 0 Å². The van der Waals surface area contributed by atoms with E-state index < -0.39 is 22.2 Å². The fourth-order valence-corrected chi connectivity index (χ4v) is 2.80. The molecular formula is C20H16F2N2O2. The molecule has 0 unspecified atom stereocenters. The van der Waals surface area contributed by atoms with Crippen molar-refractivity contribution in [2.45, 2.75) is 13.1 Å². The number of nitro benzene ring substituents is 1. The number of anilines is 1. The van der Waals surface area contributed by atoms with E-state index in [1.807, 2.05) is 60.7 Å². The van der Waals surface area contributed by atoms with Crippen LogP contribution in [0.3, 0.4) is 0 Å². The minimum atomic E-state index is -1.22. The lowest BCUT2D eigenvalue weighted by Crippen LogP contribution is -2.24. The van der Waals surface area contributed by atoms with E-state index in [2.05, 4.69) is 0 Å². The van der Waals surface area contributed by atoms with Gasteiger partial charge in [0, 0.05) is 19.2 Å². The molecule has 0 amide bonds. The van der Waals surface area contributed by atoms with E-state index in [1.165, 1.54) is 4.90 Å². The van der Waals surface area contributed by atoms with Crippen LogP contribution in [0.1, 0.15) is 11.1 Å². The zero-order chi connectivity index (χ0) is 18.5. The quantitative estimate of drug-likeness (QED) is 0.458. The molecule has 6 heteroatoms. The Morgan fingerprint density at radius 3 is 1.77 bits per heavy atom. The summed E-state index contributed by atoms with van der Waals surface area (Å²) in [6.07, 6.45) is 0. The van der Waals surface area contributed by atoms with Crippen LogP contribution in [0.15, 0.2) is 72.8 Å². The minimum Gasteiger partial charge on any atom is -0.355 e. The number of hydrogen-bond donors (Lipinski definition) is 0. The summed E-state index contributed by atoms with van der Waals surface area (Å²) in [6, 6.07) is 20.1. The van der Waals surface area contributed by atoms with Crippen molar-refractivity contribution in [3.63, 3.8) is 0 Å². The van der Waals surface area contributed by atoms with Crippen molar-refractivity contribution in [3.8, 4) is 0 Å². The molecule has 0 atom stereocenters. The van der Waals surface area contributed by atoms with Crippen molar-refractivity contribution < 1.29 is 13.7 Å². The molecular weight excluding hydrogens is 338 g/mol. The summed E-state index contributed by atoms with van der Waals surface area (Å²) in [5.74, 6) is -2.33. The first-order valence-electron chi connectivity index (χ1n) is 8.01. The second-order valence-electron chi connectivity index (χ2n) is 5.81. The maximum Gasteiger partial charge on any atom is 0.295 e. The van der Waals surface area contributed by atoms with Gasteiger partial charge in [-0.3, -0.25) is 10.1 Å². The number of nitrogens with zero attached hydrogens (tertiary/aromatic N) is 2. The van der Waals surface area contributed by atoms with Gasteiger partial charge in [-0.25, -0.2) is 8.78 Å². The lowest BCUT2D eigenvalue weighted by molar-refractivity contribution is -0.384. The van der Waals surface area contributed by atoms with Crippen molar-refractivity contribution in [3.05, 3.63) is 106 Å². The zero-order valence-electron chi connectivity index (χ0n) is 13.8. The van der Waals surface area contributed by atoms with Crippen LogP contribution >= 0.6 is 0 Å². The molecule has 3 rings (SSSR count). The van der Waals surface area contributed by atoms with E-state index in [0.29, 0.717) is 0 Å². The standard InChI is InChI=1S/C20H16F2N2O2/c21-17-11-12-18(24(25)26)20(19(17)22)23(13-15-7-3-1-4-8-15)14-16-9-5-2-6-10-16/h1-12H,13-14H2. The average molecular weight is 354 g/mol. The first kappa shape index (κ1) is 17.5. The summed E-state index contributed by atoms with van der Waals surface area (Å²) >= 11 is 0. The van der Waals surface area contributed by atoms with Crippen LogP contribution in [0.5, 0.6) is 0 Å². The Labute approximate surface area is 149 Å². The normalized spacial score (nSPS) is 10.5. The molecule has 0 aliphatic rings. The molecule has 0 saturated heterocycles. The molecule has 0 fully saturated rings. The predicted molar refractivity (Wildman–Crippen MR) is 95.8 cm³/mol. The summed E-state index contributed by atoms with van der Waals surface area (Å²) in [5, 5.41) is 11.4. The SMILES string of the molecule is O=[N+]([O-])c1ccc(F)c(F)c1N(Cc1ccccc1)Cc1ccccc1. The summed E-state index contributed by atoms with van der Waals surface area (Å²) in [4.78, 5) is 12.2. The largest absolute Gasteiger partial charge is 0.355 e. The highest BCUT2D eigenvalue weighted by molar-refractivity contribution is 5.64. The second kappa shape index (κ2) is 7.74. The minimum absolute atomic E-state index is 0.205. The number of benzene rings is 3. The fraction of sp³-hybridized carbons (Fsp3) is 0.100. The van der Waals surface area contributed by atoms with Crippen molar-refractivity contribution in [1.29, 1.82) is 0 Å². The number of hydrogen-bond acceptors (Lipinski definition) is 3. The fourth-order valence-electron chi connectivity index (χ4n) is 2.80. The third-order valence-electron chi connectivity index (χ3n) is 3.99. The van der Waals surface area contributed by atoms with Crippen molar-refractivity contribution in [1.82, 2.24) is 0 Å². The Bertz CT molecular complexity index is 861. The van der Waals surface area contributed by atoms with Gasteiger partial charge in [0.05, 0.1) is 4.92 Å². The summed E-state index contributed by atoms with van der Waals surface area (Å²) in [6.45, 7) is 0.411. The third kappa shape index (κ3) is 3.85. The molecule has 4 nitrogen and oxygen atoms in total. The van der Waals surface area contributed by atoms with Crippen LogP contribution < -0.4 is 4.90 Å². The maximum absolute atomic E-state index is 14.6. The Hall–Kier alpha value is -3.28. The van der Waals surface area contributed by atoms with Crippen LogP contribution in [0.4, 0.5) is 20.2 Å². The highest BCUT2D eigenvalue weighted by atomic mass is 19.2. The number of nitro groups is 1. The van der Waals surface area contributed by atoms with Gasteiger partial charge in [0.25, 0.3) is 5.69 Å². The first-order valence-corrected chi connectivity index (χ1v) is 8.01. The molecule has 0 bridgehead atoms. The van der Waals surface area contributed by atoms with E-state index in [0.717, 1.165) is 23.3 Å². The Morgan fingerprint density at radius 2 is 1.31 bits per heavy atom. The van der Waals surface area contributed by atoms with Crippen LogP contribution in [0.2, 0.25) is 0 Å². The van der Waals surface area contributed by atoms with Gasteiger partial charge in [-0.1, -0.05) is 60.7 Å². The van der Waals surface area contributed by atoms with Crippen LogP contribution in [0, 0.1) is 21.7 Å². The zero-order valence-corrected chi connectivity index (χ0v) is 13.8. The van der Waals surface area contributed by atoms with E-state index >= 15 is 0 Å². The second-order valence-corrected chi connectivity index (χ2v) is 5.81. The van der Waals surface area contributed by atoms with Gasteiger partial charge in [-0.15, -0.1) is 0 Å². The van der Waals surface area contributed by atoms with Gasteiger partial charge in [-0.05, 0) is 17.2 Å². The summed E-state index contributed by atoms with van der Waals surface area (Å²) in [7, 11) is 0. The Morgan fingerprint density at radius 1 is 0.808 bits per heavy atom. The van der Waals surface area contributed by atoms with Crippen molar-refractivity contribution in [2.24, 2.45) is 0 Å². The molecule has 0 aliphatic heterocycles. The van der Waals surface area contributed by atoms with E-state index in [-0.39, 0.29) is 18.8 Å². The number of rotatable bonds is 6. The molecule has 0 aromatic heterocycles. The van der Waals surface area contributed by atoms with E-state index in [1.54, 1.807) is 0 Å². The molecule has 132 valence electrons. The summed E-state index contributed by atoms with van der Waals surface area (Å²) in [5.41, 5.74) is 0.862. The maximum atomic E-state index is 14.6. The molecule has 3 aromatic rings.